The van der Waals surface area contributed by atoms with Gasteiger partial charge < -0.3 is 10.2 Å². The van der Waals surface area contributed by atoms with Crippen LogP contribution in [-0.2, 0) is 4.79 Å². The van der Waals surface area contributed by atoms with Gasteiger partial charge in [0.05, 0.1) is 6.54 Å². The van der Waals surface area contributed by atoms with Gasteiger partial charge in [-0.3, -0.25) is 9.69 Å². The van der Waals surface area contributed by atoms with E-state index in [9.17, 15) is 4.79 Å². The van der Waals surface area contributed by atoms with Crippen LogP contribution in [0.2, 0.25) is 0 Å². The lowest BCUT2D eigenvalue weighted by atomic mass is 10.2. The molecule has 1 atom stereocenters. The average Bonchev–Trinajstić information content (AvgIpc) is 2.83. The predicted molar refractivity (Wildman–Crippen MR) is 80.7 cm³/mol. The molecule has 0 aliphatic carbocycles. The van der Waals surface area contributed by atoms with E-state index in [1.165, 1.54) is 19.4 Å². The van der Waals surface area contributed by atoms with Crippen molar-refractivity contribution in [2.75, 3.05) is 38.0 Å². The number of amides is 1. The molecule has 1 amide bonds. The van der Waals surface area contributed by atoms with E-state index in [0.29, 0.717) is 12.6 Å². The van der Waals surface area contributed by atoms with Crippen LogP contribution < -0.4 is 5.32 Å². The molecule has 1 unspecified atom stereocenters. The van der Waals surface area contributed by atoms with Gasteiger partial charge in [0.1, 0.15) is 0 Å². The third-order valence-electron chi connectivity index (χ3n) is 4.37. The zero-order valence-corrected chi connectivity index (χ0v) is 11.9. The van der Waals surface area contributed by atoms with Crippen LogP contribution in [0.1, 0.15) is 19.3 Å². The van der Waals surface area contributed by atoms with Crippen LogP contribution in [0.5, 0.6) is 0 Å². The second kappa shape index (κ2) is 6.27. The molecule has 0 aromatic heterocycles. The summed E-state index contributed by atoms with van der Waals surface area (Å²) in [5, 5.41) is 3.22. The van der Waals surface area contributed by atoms with Crippen LogP contribution >= 0.6 is 0 Å². The summed E-state index contributed by atoms with van der Waals surface area (Å²) in [6.07, 6.45) is 3.64. The van der Waals surface area contributed by atoms with Crippen molar-refractivity contribution in [2.24, 2.45) is 0 Å². The predicted octanol–water partition coefficient (Wildman–Crippen LogP) is 1.80. The first-order chi connectivity index (χ1) is 9.83. The van der Waals surface area contributed by atoms with Crippen LogP contribution in [0.15, 0.2) is 30.3 Å². The molecule has 2 aliphatic heterocycles. The van der Waals surface area contributed by atoms with Crippen LogP contribution in [-0.4, -0.2) is 54.5 Å². The Kier molecular flexibility index (Phi) is 4.21. The number of para-hydroxylation sites is 1. The highest BCUT2D eigenvalue weighted by molar-refractivity contribution is 5.81. The second-order valence-corrected chi connectivity index (χ2v) is 5.74. The lowest BCUT2D eigenvalue weighted by Gasteiger charge is -2.26. The summed E-state index contributed by atoms with van der Waals surface area (Å²) in [7, 11) is 0. The Morgan fingerprint density at radius 3 is 2.80 bits per heavy atom. The van der Waals surface area contributed by atoms with Gasteiger partial charge in [-0.2, -0.15) is 0 Å². The van der Waals surface area contributed by atoms with E-state index in [1.54, 1.807) is 0 Å². The van der Waals surface area contributed by atoms with E-state index >= 15 is 0 Å². The first-order valence-electron chi connectivity index (χ1n) is 7.64. The number of carbonyl (C=O) groups excluding carboxylic acids is 1. The molecule has 3 rings (SSSR count). The molecule has 2 fully saturated rings. The molecule has 2 aliphatic rings. The molecule has 1 aromatic rings. The smallest absolute Gasteiger partial charge is 0.241 e. The molecule has 4 nitrogen and oxygen atoms in total. The minimum atomic E-state index is 0.225. The van der Waals surface area contributed by atoms with Crippen molar-refractivity contribution in [2.45, 2.75) is 25.3 Å². The van der Waals surface area contributed by atoms with Crippen molar-refractivity contribution < 1.29 is 4.79 Å². The molecule has 0 bridgehead atoms. The summed E-state index contributed by atoms with van der Waals surface area (Å²) < 4.78 is 0. The van der Waals surface area contributed by atoms with Crippen LogP contribution in [0, 0.1) is 0 Å². The number of benzene rings is 1. The molecule has 0 spiro atoms. The first-order valence-corrected chi connectivity index (χ1v) is 7.64. The number of nitrogens with one attached hydrogen (secondary N) is 1. The van der Waals surface area contributed by atoms with Crippen molar-refractivity contribution in [3.63, 3.8) is 0 Å². The molecule has 20 heavy (non-hydrogen) atoms. The van der Waals surface area contributed by atoms with Crippen molar-refractivity contribution in [1.29, 1.82) is 0 Å². The zero-order valence-electron chi connectivity index (χ0n) is 11.9. The summed E-state index contributed by atoms with van der Waals surface area (Å²) in [5.74, 6) is 0.225. The van der Waals surface area contributed by atoms with Crippen molar-refractivity contribution >= 4 is 11.6 Å². The van der Waals surface area contributed by atoms with E-state index in [4.69, 9.17) is 0 Å². The minimum absolute atomic E-state index is 0.225. The molecule has 1 N–H and O–H groups in total. The van der Waals surface area contributed by atoms with E-state index < -0.39 is 0 Å². The van der Waals surface area contributed by atoms with Crippen molar-refractivity contribution in [3.8, 4) is 0 Å². The fraction of sp³-hybridized carbons (Fsp3) is 0.562. The zero-order chi connectivity index (χ0) is 13.8. The molecular weight excluding hydrogens is 250 g/mol. The monoisotopic (exact) mass is 273 g/mol. The Hall–Kier alpha value is -1.55. The molecule has 2 heterocycles. The fourth-order valence-corrected chi connectivity index (χ4v) is 3.28. The first kappa shape index (κ1) is 13.4. The summed E-state index contributed by atoms with van der Waals surface area (Å²) in [6.45, 7) is 4.59. The minimum Gasteiger partial charge on any atom is -0.376 e. The summed E-state index contributed by atoms with van der Waals surface area (Å²) in [5.41, 5.74) is 1.01. The number of carbonyl (C=O) groups is 1. The molecule has 4 heteroatoms. The standard InChI is InChI=1S/C16H23N3O/c20-16(12-17-14-6-2-1-3-7-14)19-11-5-10-18-9-4-8-15(18)13-19/h1-3,6-7,15,17H,4-5,8-13H2. The largest absolute Gasteiger partial charge is 0.376 e. The van der Waals surface area contributed by atoms with E-state index in [-0.39, 0.29) is 5.91 Å². The van der Waals surface area contributed by atoms with Gasteiger partial charge in [-0.15, -0.1) is 0 Å². The van der Waals surface area contributed by atoms with Gasteiger partial charge in [-0.1, -0.05) is 18.2 Å². The van der Waals surface area contributed by atoms with Gasteiger partial charge >= 0.3 is 0 Å². The molecule has 0 saturated carbocycles. The highest BCUT2D eigenvalue weighted by Gasteiger charge is 2.30. The highest BCUT2D eigenvalue weighted by atomic mass is 16.2. The van der Waals surface area contributed by atoms with Crippen LogP contribution in [0.4, 0.5) is 5.69 Å². The van der Waals surface area contributed by atoms with Crippen molar-refractivity contribution in [1.82, 2.24) is 9.80 Å². The Morgan fingerprint density at radius 2 is 1.95 bits per heavy atom. The lowest BCUT2D eigenvalue weighted by Crippen LogP contribution is -2.41. The van der Waals surface area contributed by atoms with Crippen LogP contribution in [0.25, 0.3) is 0 Å². The number of hydrogen-bond acceptors (Lipinski definition) is 3. The Labute approximate surface area is 120 Å². The average molecular weight is 273 g/mol. The van der Waals surface area contributed by atoms with Crippen molar-refractivity contribution in [3.05, 3.63) is 30.3 Å². The van der Waals surface area contributed by atoms with Gasteiger partial charge in [0, 0.05) is 31.4 Å². The lowest BCUT2D eigenvalue weighted by molar-refractivity contribution is -0.129. The van der Waals surface area contributed by atoms with Gasteiger partial charge in [-0.25, -0.2) is 0 Å². The maximum absolute atomic E-state index is 12.4. The maximum Gasteiger partial charge on any atom is 0.241 e. The third-order valence-corrected chi connectivity index (χ3v) is 4.37. The molecule has 1 aromatic carbocycles. The number of nitrogens with zero attached hydrogens (tertiary/aromatic N) is 2. The molecule has 108 valence electrons. The van der Waals surface area contributed by atoms with E-state index in [0.717, 1.165) is 31.7 Å². The van der Waals surface area contributed by atoms with Gasteiger partial charge in [-0.05, 0) is 37.9 Å². The fourth-order valence-electron chi connectivity index (χ4n) is 3.28. The number of anilines is 1. The Morgan fingerprint density at radius 1 is 1.15 bits per heavy atom. The Bertz CT molecular complexity index is 448. The summed E-state index contributed by atoms with van der Waals surface area (Å²) in [6, 6.07) is 10.5. The second-order valence-electron chi connectivity index (χ2n) is 5.74. The summed E-state index contributed by atoms with van der Waals surface area (Å²) >= 11 is 0. The number of hydrogen-bond donors (Lipinski definition) is 1. The maximum atomic E-state index is 12.4. The van der Waals surface area contributed by atoms with Gasteiger partial charge in [0.25, 0.3) is 0 Å². The molecular formula is C16H23N3O. The Balaban J connectivity index is 1.54. The number of fused-ring (bicyclic) bond motifs is 1. The molecule has 0 radical (unpaired) electrons. The normalized spacial score (nSPS) is 23.2. The molecule has 2 saturated heterocycles. The summed E-state index contributed by atoms with van der Waals surface area (Å²) in [4.78, 5) is 17.0. The van der Waals surface area contributed by atoms with Crippen LogP contribution in [0.3, 0.4) is 0 Å². The van der Waals surface area contributed by atoms with E-state index in [1.807, 2.05) is 35.2 Å². The quantitative estimate of drug-likeness (QED) is 0.912. The SMILES string of the molecule is O=C(CNc1ccccc1)N1CCCN2CCCC2C1. The number of rotatable bonds is 3. The van der Waals surface area contributed by atoms with Gasteiger partial charge in [0.15, 0.2) is 0 Å². The highest BCUT2D eigenvalue weighted by Crippen LogP contribution is 2.21. The third kappa shape index (κ3) is 3.12. The topological polar surface area (TPSA) is 35.6 Å². The van der Waals surface area contributed by atoms with Gasteiger partial charge in [0.2, 0.25) is 5.91 Å². The van der Waals surface area contributed by atoms with E-state index in [2.05, 4.69) is 10.2 Å².